The maximum atomic E-state index is 12.3. The Kier molecular flexibility index (Phi) is 6.28. The van der Waals surface area contributed by atoms with E-state index >= 15 is 0 Å². The van der Waals surface area contributed by atoms with Gasteiger partial charge in [0.05, 0.1) is 16.6 Å². The Morgan fingerprint density at radius 1 is 1.12 bits per heavy atom. The zero-order chi connectivity index (χ0) is 17.7. The molecule has 1 atom stereocenters. The summed E-state index contributed by atoms with van der Waals surface area (Å²) in [7, 11) is -3.80. The molecule has 24 heavy (non-hydrogen) atoms. The maximum absolute atomic E-state index is 12.3. The highest BCUT2D eigenvalue weighted by molar-refractivity contribution is 7.98. The van der Waals surface area contributed by atoms with E-state index in [-0.39, 0.29) is 4.90 Å². The van der Waals surface area contributed by atoms with E-state index in [0.29, 0.717) is 10.7 Å². The Balaban J connectivity index is 2.09. The van der Waals surface area contributed by atoms with Crippen molar-refractivity contribution in [2.75, 3.05) is 11.6 Å². The number of para-hydroxylation sites is 1. The molecule has 8 heteroatoms. The second-order valence-electron chi connectivity index (χ2n) is 4.99. The van der Waals surface area contributed by atoms with Gasteiger partial charge in [0.25, 0.3) is 0 Å². The van der Waals surface area contributed by atoms with Crippen LogP contribution in [0.15, 0.2) is 58.3 Å². The lowest BCUT2D eigenvalue weighted by Gasteiger charge is -2.16. The normalized spacial score (nSPS) is 12.6. The molecular formula is C16H17ClN2O3S2. The Morgan fingerprint density at radius 3 is 2.38 bits per heavy atom. The maximum Gasteiger partial charge on any atom is 0.242 e. The predicted octanol–water partition coefficient (Wildman–Crippen LogP) is 3.37. The van der Waals surface area contributed by atoms with Crippen LogP contribution in [0.5, 0.6) is 0 Å². The van der Waals surface area contributed by atoms with Gasteiger partial charge in [0, 0.05) is 9.92 Å². The molecule has 0 aliphatic carbocycles. The molecule has 0 fully saturated rings. The van der Waals surface area contributed by atoms with Gasteiger partial charge in [-0.3, -0.25) is 4.79 Å². The van der Waals surface area contributed by atoms with Crippen molar-refractivity contribution in [3.05, 3.63) is 53.6 Å². The van der Waals surface area contributed by atoms with E-state index in [1.54, 1.807) is 12.1 Å². The Labute approximate surface area is 150 Å². The fourth-order valence-electron chi connectivity index (χ4n) is 1.96. The van der Waals surface area contributed by atoms with E-state index < -0.39 is 22.0 Å². The van der Waals surface area contributed by atoms with Gasteiger partial charge in [0.1, 0.15) is 0 Å². The molecule has 0 spiro atoms. The largest absolute Gasteiger partial charge is 0.324 e. The van der Waals surface area contributed by atoms with Crippen LogP contribution in [-0.2, 0) is 14.8 Å². The topological polar surface area (TPSA) is 75.3 Å². The molecule has 0 aliphatic rings. The highest BCUT2D eigenvalue weighted by Gasteiger charge is 2.22. The summed E-state index contributed by atoms with van der Waals surface area (Å²) in [6, 6.07) is 12.1. The van der Waals surface area contributed by atoms with Gasteiger partial charge in [0.2, 0.25) is 15.9 Å². The van der Waals surface area contributed by atoms with Crippen LogP contribution in [0.1, 0.15) is 6.92 Å². The van der Waals surface area contributed by atoms with Gasteiger partial charge in [-0.15, -0.1) is 11.8 Å². The van der Waals surface area contributed by atoms with Crippen molar-refractivity contribution in [2.45, 2.75) is 22.8 Å². The highest BCUT2D eigenvalue weighted by Crippen LogP contribution is 2.24. The van der Waals surface area contributed by atoms with Gasteiger partial charge >= 0.3 is 0 Å². The number of sulfonamides is 1. The van der Waals surface area contributed by atoms with E-state index in [0.717, 1.165) is 4.90 Å². The monoisotopic (exact) mass is 384 g/mol. The van der Waals surface area contributed by atoms with E-state index in [1.807, 2.05) is 18.4 Å². The zero-order valence-corrected chi connectivity index (χ0v) is 15.5. The first-order valence-electron chi connectivity index (χ1n) is 7.05. The lowest BCUT2D eigenvalue weighted by Crippen LogP contribution is -2.41. The molecule has 0 saturated heterocycles. The van der Waals surface area contributed by atoms with E-state index in [9.17, 15) is 13.2 Å². The van der Waals surface area contributed by atoms with Gasteiger partial charge in [0.15, 0.2) is 0 Å². The van der Waals surface area contributed by atoms with Gasteiger partial charge < -0.3 is 5.32 Å². The minimum absolute atomic E-state index is 0.0519. The fraction of sp³-hybridized carbons (Fsp3) is 0.188. The fourth-order valence-corrected chi connectivity index (χ4v) is 3.84. The number of hydrogen-bond acceptors (Lipinski definition) is 4. The van der Waals surface area contributed by atoms with Gasteiger partial charge in [-0.25, -0.2) is 8.42 Å². The Bertz CT molecular complexity index is 823. The van der Waals surface area contributed by atoms with Gasteiger partial charge in [-0.1, -0.05) is 23.7 Å². The van der Waals surface area contributed by atoms with Crippen LogP contribution in [0.2, 0.25) is 5.02 Å². The number of hydrogen-bond donors (Lipinski definition) is 2. The average molecular weight is 385 g/mol. The summed E-state index contributed by atoms with van der Waals surface area (Å²) in [6.07, 6.45) is 1.90. The van der Waals surface area contributed by atoms with Crippen molar-refractivity contribution >= 4 is 45.0 Å². The van der Waals surface area contributed by atoms with Crippen LogP contribution in [-0.4, -0.2) is 26.6 Å². The third kappa shape index (κ3) is 4.73. The summed E-state index contributed by atoms with van der Waals surface area (Å²) in [5, 5.41) is 3.17. The first-order chi connectivity index (χ1) is 11.3. The van der Waals surface area contributed by atoms with E-state index in [4.69, 9.17) is 11.6 Å². The number of anilines is 1. The minimum atomic E-state index is -3.80. The van der Waals surface area contributed by atoms with E-state index in [1.165, 1.54) is 43.0 Å². The van der Waals surface area contributed by atoms with Crippen molar-refractivity contribution in [3.63, 3.8) is 0 Å². The molecule has 0 bridgehead atoms. The molecule has 0 radical (unpaired) electrons. The molecule has 0 saturated carbocycles. The van der Waals surface area contributed by atoms with E-state index in [2.05, 4.69) is 10.0 Å². The van der Waals surface area contributed by atoms with Crippen LogP contribution < -0.4 is 10.0 Å². The van der Waals surface area contributed by atoms with Crippen LogP contribution in [0.4, 0.5) is 5.69 Å². The molecule has 2 rings (SSSR count). The highest BCUT2D eigenvalue weighted by atomic mass is 35.5. The average Bonchev–Trinajstić information content (AvgIpc) is 2.55. The lowest BCUT2D eigenvalue weighted by molar-refractivity contribution is -0.117. The molecule has 2 aromatic rings. The van der Waals surface area contributed by atoms with Crippen LogP contribution >= 0.6 is 23.4 Å². The van der Waals surface area contributed by atoms with Crippen molar-refractivity contribution in [1.29, 1.82) is 0 Å². The first kappa shape index (κ1) is 18.8. The lowest BCUT2D eigenvalue weighted by atomic mass is 10.3. The van der Waals surface area contributed by atoms with Crippen LogP contribution in [0, 0.1) is 0 Å². The molecule has 1 amide bonds. The number of nitrogens with one attached hydrogen (secondary N) is 2. The third-order valence-corrected chi connectivity index (χ3v) is 5.82. The summed E-state index contributed by atoms with van der Waals surface area (Å²) in [6.45, 7) is 1.49. The summed E-state index contributed by atoms with van der Waals surface area (Å²) in [4.78, 5) is 13.2. The Morgan fingerprint density at radius 2 is 1.75 bits per heavy atom. The summed E-state index contributed by atoms with van der Waals surface area (Å²) in [5.41, 5.74) is 0.646. The number of thioether (sulfide) groups is 1. The summed E-state index contributed by atoms with van der Waals surface area (Å²) in [5.74, 6) is -0.436. The van der Waals surface area contributed by atoms with Crippen molar-refractivity contribution < 1.29 is 13.2 Å². The summed E-state index contributed by atoms with van der Waals surface area (Å²) < 4.78 is 27.0. The number of benzene rings is 2. The van der Waals surface area contributed by atoms with Gasteiger partial charge in [-0.05, 0) is 49.6 Å². The number of carbonyl (C=O) groups excluding carboxylic acids is 1. The van der Waals surface area contributed by atoms with Crippen molar-refractivity contribution in [2.24, 2.45) is 0 Å². The number of halogens is 1. The van der Waals surface area contributed by atoms with Crippen molar-refractivity contribution in [3.8, 4) is 0 Å². The molecule has 5 nitrogen and oxygen atoms in total. The van der Waals surface area contributed by atoms with Crippen molar-refractivity contribution in [1.82, 2.24) is 4.72 Å². The second-order valence-corrected chi connectivity index (χ2v) is 7.98. The van der Waals surface area contributed by atoms with Crippen LogP contribution in [0.25, 0.3) is 0 Å². The third-order valence-electron chi connectivity index (χ3n) is 3.21. The van der Waals surface area contributed by atoms with Crippen LogP contribution in [0.3, 0.4) is 0 Å². The zero-order valence-electron chi connectivity index (χ0n) is 13.1. The molecule has 0 heterocycles. The predicted molar refractivity (Wildman–Crippen MR) is 98.1 cm³/mol. The number of rotatable bonds is 6. The Hall–Kier alpha value is -1.54. The second kappa shape index (κ2) is 8.02. The molecular weight excluding hydrogens is 368 g/mol. The molecule has 0 aromatic heterocycles. The van der Waals surface area contributed by atoms with Gasteiger partial charge in [-0.2, -0.15) is 4.72 Å². The molecule has 128 valence electrons. The number of carbonyl (C=O) groups is 1. The minimum Gasteiger partial charge on any atom is -0.324 e. The molecule has 2 aromatic carbocycles. The first-order valence-corrected chi connectivity index (χ1v) is 10.1. The smallest absolute Gasteiger partial charge is 0.242 e. The number of amides is 1. The molecule has 0 aliphatic heterocycles. The quantitative estimate of drug-likeness (QED) is 0.749. The molecule has 2 N–H and O–H groups in total. The summed E-state index contributed by atoms with van der Waals surface area (Å²) >= 11 is 7.25. The standard InChI is InChI=1S/C16H17ClN2O3S2/c1-11(16(20)18-14-5-3-4-6-15(14)23-2)19-24(21,22)13-9-7-12(17)8-10-13/h3-11,19H,1-2H3,(H,18,20). The molecule has 1 unspecified atom stereocenters. The SMILES string of the molecule is CSc1ccccc1NC(=O)C(C)NS(=O)(=O)c1ccc(Cl)cc1.